The van der Waals surface area contributed by atoms with E-state index in [1.54, 1.807) is 0 Å². The second kappa shape index (κ2) is 7.21. The molecule has 0 aromatic heterocycles. The van der Waals surface area contributed by atoms with Gasteiger partial charge in [0.15, 0.2) is 0 Å². The van der Waals surface area contributed by atoms with Gasteiger partial charge >= 0.3 is 0 Å². The highest BCUT2D eigenvalue weighted by Gasteiger charge is 2.12. The first kappa shape index (κ1) is 11.6. The quantitative estimate of drug-likeness (QED) is 0.353. The molecule has 4 nitrogen and oxygen atoms in total. The molecule has 0 spiro atoms. The highest BCUT2D eigenvalue weighted by molar-refractivity contribution is 5.51. The van der Waals surface area contributed by atoms with E-state index in [0.29, 0.717) is 25.9 Å². The molecule has 0 aromatic carbocycles. The largest absolute Gasteiger partial charge is 0.390 e. The van der Waals surface area contributed by atoms with E-state index in [0.717, 1.165) is 6.29 Å². The summed E-state index contributed by atoms with van der Waals surface area (Å²) in [6.45, 7) is 2.67. The van der Waals surface area contributed by atoms with Crippen LogP contribution in [0.5, 0.6) is 0 Å². The molecule has 0 saturated carbocycles. The highest BCUT2D eigenvalue weighted by Crippen LogP contribution is 2.01. The van der Waals surface area contributed by atoms with Crippen molar-refractivity contribution < 1.29 is 15.0 Å². The van der Waals surface area contributed by atoms with Crippen LogP contribution in [0.4, 0.5) is 0 Å². The van der Waals surface area contributed by atoms with Crippen molar-refractivity contribution in [2.24, 2.45) is 0 Å². The van der Waals surface area contributed by atoms with Crippen LogP contribution >= 0.6 is 0 Å². The average molecular weight is 175 g/mol. The van der Waals surface area contributed by atoms with Crippen LogP contribution in [0.2, 0.25) is 0 Å². The summed E-state index contributed by atoms with van der Waals surface area (Å²) >= 11 is 0. The van der Waals surface area contributed by atoms with Crippen molar-refractivity contribution in [2.75, 3.05) is 13.1 Å². The fraction of sp³-hybridized carbons (Fsp3) is 0.875. The van der Waals surface area contributed by atoms with Gasteiger partial charge in [0.1, 0.15) is 6.29 Å². The van der Waals surface area contributed by atoms with Crippen LogP contribution in [0.25, 0.3) is 0 Å². The molecule has 0 heterocycles. The van der Waals surface area contributed by atoms with Gasteiger partial charge in [-0.25, -0.2) is 0 Å². The third kappa shape index (κ3) is 5.23. The summed E-state index contributed by atoms with van der Waals surface area (Å²) in [7, 11) is 0. The molecule has 0 aliphatic carbocycles. The summed E-state index contributed by atoms with van der Waals surface area (Å²) in [5.74, 6) is 0. The molecule has 0 bridgehead atoms. The molecule has 0 aliphatic heterocycles. The molecule has 3 N–H and O–H groups in total. The number of carbonyl (C=O) groups is 1. The number of hydrogen-bond acceptors (Lipinski definition) is 4. The summed E-state index contributed by atoms with van der Waals surface area (Å²) in [6.07, 6.45) is 0.456. The van der Waals surface area contributed by atoms with E-state index in [2.05, 4.69) is 5.32 Å². The van der Waals surface area contributed by atoms with E-state index in [1.165, 1.54) is 0 Å². The molecule has 4 heteroatoms. The van der Waals surface area contributed by atoms with Crippen molar-refractivity contribution in [3.8, 4) is 0 Å². The van der Waals surface area contributed by atoms with Crippen LogP contribution in [-0.4, -0.2) is 41.8 Å². The Balaban J connectivity index is 3.30. The normalized spacial score (nSPS) is 15.6. The van der Waals surface area contributed by atoms with Crippen LogP contribution in [0, 0.1) is 0 Å². The lowest BCUT2D eigenvalue weighted by Gasteiger charge is -2.15. The number of nitrogens with one attached hydrogen (secondary N) is 1. The maximum Gasteiger partial charge on any atom is 0.133 e. The third-order valence-electron chi connectivity index (χ3n) is 1.71. The summed E-state index contributed by atoms with van der Waals surface area (Å²) < 4.78 is 0. The van der Waals surface area contributed by atoms with E-state index >= 15 is 0 Å². The van der Waals surface area contributed by atoms with Gasteiger partial charge in [-0.1, -0.05) is 6.92 Å². The Morgan fingerprint density at radius 1 is 1.42 bits per heavy atom. The minimum Gasteiger partial charge on any atom is -0.390 e. The Bertz CT molecular complexity index is 119. The van der Waals surface area contributed by atoms with E-state index in [1.807, 2.05) is 6.92 Å². The van der Waals surface area contributed by atoms with Crippen molar-refractivity contribution in [3.63, 3.8) is 0 Å². The standard InChI is InChI=1S/C8H17NO3/c1-2-7(11)8(12)3-4-9-5-6-10/h6-9,11-12H,2-5H2,1H3. The monoisotopic (exact) mass is 175 g/mol. The van der Waals surface area contributed by atoms with E-state index in [-0.39, 0.29) is 0 Å². The highest BCUT2D eigenvalue weighted by atomic mass is 16.3. The predicted molar refractivity (Wildman–Crippen MR) is 45.9 cm³/mol. The van der Waals surface area contributed by atoms with Gasteiger partial charge in [-0.05, 0) is 19.4 Å². The molecule has 0 fully saturated rings. The maximum atomic E-state index is 9.87. The Labute approximate surface area is 72.6 Å². The molecule has 0 aromatic rings. The molecule has 72 valence electrons. The maximum absolute atomic E-state index is 9.87. The molecule has 0 radical (unpaired) electrons. The molecule has 2 atom stereocenters. The zero-order valence-corrected chi connectivity index (χ0v) is 7.36. The second-order valence-electron chi connectivity index (χ2n) is 2.70. The lowest BCUT2D eigenvalue weighted by atomic mass is 10.1. The van der Waals surface area contributed by atoms with Crippen LogP contribution in [0.1, 0.15) is 19.8 Å². The minimum atomic E-state index is -0.686. The Morgan fingerprint density at radius 2 is 2.08 bits per heavy atom. The zero-order valence-electron chi connectivity index (χ0n) is 7.36. The van der Waals surface area contributed by atoms with Crippen LogP contribution in [-0.2, 0) is 4.79 Å². The van der Waals surface area contributed by atoms with Crippen LogP contribution in [0.15, 0.2) is 0 Å². The van der Waals surface area contributed by atoms with Gasteiger partial charge in [-0.3, -0.25) is 0 Å². The van der Waals surface area contributed by atoms with Gasteiger partial charge < -0.3 is 20.3 Å². The lowest BCUT2D eigenvalue weighted by molar-refractivity contribution is -0.107. The fourth-order valence-electron chi connectivity index (χ4n) is 0.875. The van der Waals surface area contributed by atoms with Crippen molar-refractivity contribution in [2.45, 2.75) is 32.0 Å². The minimum absolute atomic E-state index is 0.301. The van der Waals surface area contributed by atoms with Crippen molar-refractivity contribution in [3.05, 3.63) is 0 Å². The number of aliphatic hydroxyl groups excluding tert-OH is 2. The van der Waals surface area contributed by atoms with Gasteiger partial charge in [0.25, 0.3) is 0 Å². The Hall–Kier alpha value is -0.450. The first-order valence-corrected chi connectivity index (χ1v) is 4.22. The smallest absolute Gasteiger partial charge is 0.133 e. The number of aliphatic hydroxyl groups is 2. The van der Waals surface area contributed by atoms with Gasteiger partial charge in [-0.15, -0.1) is 0 Å². The predicted octanol–water partition coefficient (Wildman–Crippen LogP) is -0.703. The summed E-state index contributed by atoms with van der Waals surface area (Å²) in [5, 5.41) is 21.2. The second-order valence-corrected chi connectivity index (χ2v) is 2.70. The topological polar surface area (TPSA) is 69.6 Å². The third-order valence-corrected chi connectivity index (χ3v) is 1.71. The zero-order chi connectivity index (χ0) is 9.40. The molecule has 0 aliphatic rings. The molecule has 0 rings (SSSR count). The van der Waals surface area contributed by atoms with Crippen molar-refractivity contribution in [1.29, 1.82) is 0 Å². The molecule has 0 amide bonds. The van der Waals surface area contributed by atoms with Crippen LogP contribution < -0.4 is 5.32 Å². The Kier molecular flexibility index (Phi) is 6.94. The van der Waals surface area contributed by atoms with Gasteiger partial charge in [0.05, 0.1) is 18.8 Å². The van der Waals surface area contributed by atoms with E-state index in [9.17, 15) is 9.90 Å². The molecule has 0 saturated heterocycles. The average Bonchev–Trinajstić information content (AvgIpc) is 2.10. The summed E-state index contributed by atoms with van der Waals surface area (Å²) in [5.41, 5.74) is 0. The first-order chi connectivity index (χ1) is 5.72. The fourth-order valence-corrected chi connectivity index (χ4v) is 0.875. The SMILES string of the molecule is CCC(O)C(O)CCNCC=O. The van der Waals surface area contributed by atoms with Crippen LogP contribution in [0.3, 0.4) is 0 Å². The van der Waals surface area contributed by atoms with E-state index in [4.69, 9.17) is 5.11 Å². The van der Waals surface area contributed by atoms with Crippen molar-refractivity contribution in [1.82, 2.24) is 5.32 Å². The molecular formula is C8H17NO3. The number of carbonyl (C=O) groups excluding carboxylic acids is 1. The summed E-state index contributed by atoms with van der Waals surface area (Å²) in [6, 6.07) is 0. The van der Waals surface area contributed by atoms with Gasteiger partial charge in [0, 0.05) is 0 Å². The van der Waals surface area contributed by atoms with Gasteiger partial charge in [0.2, 0.25) is 0 Å². The molecule has 2 unspecified atom stereocenters. The Morgan fingerprint density at radius 3 is 2.58 bits per heavy atom. The number of rotatable bonds is 7. The number of hydrogen-bond donors (Lipinski definition) is 3. The number of aldehydes is 1. The lowest BCUT2D eigenvalue weighted by Crippen LogP contribution is -2.30. The van der Waals surface area contributed by atoms with Crippen molar-refractivity contribution >= 4 is 6.29 Å². The van der Waals surface area contributed by atoms with Gasteiger partial charge in [-0.2, -0.15) is 0 Å². The molecule has 12 heavy (non-hydrogen) atoms. The first-order valence-electron chi connectivity index (χ1n) is 4.22. The molecular weight excluding hydrogens is 158 g/mol. The van der Waals surface area contributed by atoms with E-state index < -0.39 is 12.2 Å². The summed E-state index contributed by atoms with van der Waals surface area (Å²) in [4.78, 5) is 9.87.